The van der Waals surface area contributed by atoms with Gasteiger partial charge in [0.2, 0.25) is 5.89 Å². The Morgan fingerprint density at radius 3 is 2.41 bits per heavy atom. The highest BCUT2D eigenvalue weighted by atomic mass is 16.5. The summed E-state index contributed by atoms with van der Waals surface area (Å²) in [5.41, 5.74) is 5.46. The van der Waals surface area contributed by atoms with Crippen molar-refractivity contribution < 1.29 is 4.52 Å². The zero-order valence-corrected chi connectivity index (χ0v) is 13.9. The van der Waals surface area contributed by atoms with E-state index in [2.05, 4.69) is 19.9 Å². The molecule has 2 N–H and O–H groups in total. The molecule has 3 rings (SSSR count). The molecule has 2 aliphatic heterocycles. The maximum Gasteiger partial charge on any atom is 0.240 e. The lowest BCUT2D eigenvalue weighted by Crippen LogP contribution is -2.46. The van der Waals surface area contributed by atoms with Crippen LogP contribution in [0, 0.1) is 0 Å². The van der Waals surface area contributed by atoms with Crippen LogP contribution in [-0.4, -0.2) is 52.2 Å². The minimum Gasteiger partial charge on any atom is -0.338 e. The van der Waals surface area contributed by atoms with Gasteiger partial charge in [0.15, 0.2) is 5.82 Å². The Balaban J connectivity index is 1.48. The normalized spacial score (nSPS) is 23.0. The Hall–Kier alpha value is -0.980. The monoisotopic (exact) mass is 307 g/mol. The molecular formula is C16H29N5O. The standard InChI is InChI=1S/C16H29N5O/c1-16(2,17)15-18-14(22-19-15)12-20-10-6-13(7-11-20)21-8-4-3-5-9-21/h13H,3-12,17H2,1-2H3. The Labute approximate surface area is 133 Å². The zero-order chi connectivity index (χ0) is 15.6. The molecule has 1 aromatic rings. The molecule has 0 unspecified atom stereocenters. The van der Waals surface area contributed by atoms with Crippen molar-refractivity contribution in [2.45, 2.75) is 64.1 Å². The van der Waals surface area contributed by atoms with Gasteiger partial charge in [0.1, 0.15) is 0 Å². The van der Waals surface area contributed by atoms with E-state index < -0.39 is 5.54 Å². The van der Waals surface area contributed by atoms with Gasteiger partial charge in [0.25, 0.3) is 0 Å². The molecule has 0 saturated carbocycles. The highest BCUT2D eigenvalue weighted by molar-refractivity contribution is 4.99. The van der Waals surface area contributed by atoms with Gasteiger partial charge in [-0.1, -0.05) is 11.6 Å². The first-order valence-corrected chi connectivity index (χ1v) is 8.61. The lowest BCUT2D eigenvalue weighted by Gasteiger charge is -2.39. The van der Waals surface area contributed by atoms with Crippen LogP contribution in [0.5, 0.6) is 0 Å². The summed E-state index contributed by atoms with van der Waals surface area (Å²) in [5.74, 6) is 1.27. The number of nitrogens with zero attached hydrogens (tertiary/aromatic N) is 4. The fourth-order valence-electron chi connectivity index (χ4n) is 3.50. The second-order valence-electron chi connectivity index (χ2n) is 7.34. The third-order valence-corrected chi connectivity index (χ3v) is 4.87. The third kappa shape index (κ3) is 3.86. The molecule has 3 heterocycles. The summed E-state index contributed by atoms with van der Waals surface area (Å²) in [6.45, 7) is 9.36. The smallest absolute Gasteiger partial charge is 0.240 e. The van der Waals surface area contributed by atoms with Gasteiger partial charge in [0, 0.05) is 19.1 Å². The average molecular weight is 307 g/mol. The molecule has 0 aromatic carbocycles. The van der Waals surface area contributed by atoms with Gasteiger partial charge in [-0.25, -0.2) is 0 Å². The molecule has 22 heavy (non-hydrogen) atoms. The SMILES string of the molecule is CC(C)(N)c1noc(CN2CCC(N3CCCCC3)CC2)n1. The molecule has 0 amide bonds. The Kier molecular flexibility index (Phi) is 4.80. The number of rotatable bonds is 4. The molecule has 6 nitrogen and oxygen atoms in total. The van der Waals surface area contributed by atoms with Crippen molar-refractivity contribution in [2.24, 2.45) is 5.73 Å². The van der Waals surface area contributed by atoms with Crippen molar-refractivity contribution in [3.63, 3.8) is 0 Å². The molecule has 0 spiro atoms. The van der Waals surface area contributed by atoms with Crippen LogP contribution in [-0.2, 0) is 12.1 Å². The molecule has 124 valence electrons. The number of nitrogens with two attached hydrogens (primary N) is 1. The van der Waals surface area contributed by atoms with E-state index in [1.54, 1.807) is 0 Å². The second-order valence-corrected chi connectivity index (χ2v) is 7.34. The highest BCUT2D eigenvalue weighted by Crippen LogP contribution is 2.22. The summed E-state index contributed by atoms with van der Waals surface area (Å²) in [4.78, 5) is 9.54. The summed E-state index contributed by atoms with van der Waals surface area (Å²) < 4.78 is 5.34. The first-order valence-electron chi connectivity index (χ1n) is 8.61. The van der Waals surface area contributed by atoms with Crippen LogP contribution >= 0.6 is 0 Å². The maximum atomic E-state index is 6.00. The van der Waals surface area contributed by atoms with E-state index in [-0.39, 0.29) is 0 Å². The van der Waals surface area contributed by atoms with Gasteiger partial charge in [-0.3, -0.25) is 4.90 Å². The average Bonchev–Trinajstić information content (AvgIpc) is 2.98. The molecule has 2 saturated heterocycles. The van der Waals surface area contributed by atoms with Crippen LogP contribution in [0.25, 0.3) is 0 Å². The minimum absolute atomic E-state index is 0.539. The van der Waals surface area contributed by atoms with Gasteiger partial charge in [-0.15, -0.1) is 0 Å². The molecular weight excluding hydrogens is 278 g/mol. The number of piperidine rings is 2. The summed E-state index contributed by atoms with van der Waals surface area (Å²) in [5, 5.41) is 4.00. The van der Waals surface area contributed by atoms with Crippen LogP contribution in [0.1, 0.15) is 57.7 Å². The van der Waals surface area contributed by atoms with E-state index in [0.29, 0.717) is 11.7 Å². The molecule has 2 fully saturated rings. The first-order chi connectivity index (χ1) is 10.5. The fourth-order valence-corrected chi connectivity index (χ4v) is 3.50. The van der Waals surface area contributed by atoms with E-state index in [4.69, 9.17) is 10.3 Å². The van der Waals surface area contributed by atoms with Gasteiger partial charge in [-0.2, -0.15) is 4.98 Å². The van der Waals surface area contributed by atoms with E-state index >= 15 is 0 Å². The molecule has 6 heteroatoms. The van der Waals surface area contributed by atoms with E-state index in [0.717, 1.165) is 25.7 Å². The fraction of sp³-hybridized carbons (Fsp3) is 0.875. The van der Waals surface area contributed by atoms with Crippen molar-refractivity contribution in [1.29, 1.82) is 0 Å². The summed E-state index contributed by atoms with van der Waals surface area (Å²) >= 11 is 0. The predicted octanol–water partition coefficient (Wildman–Crippen LogP) is 1.71. The van der Waals surface area contributed by atoms with Crippen molar-refractivity contribution in [3.05, 3.63) is 11.7 Å². The molecule has 0 atom stereocenters. The number of likely N-dealkylation sites (tertiary alicyclic amines) is 2. The highest BCUT2D eigenvalue weighted by Gasteiger charge is 2.27. The molecule has 1 aromatic heterocycles. The number of hydrogen-bond acceptors (Lipinski definition) is 6. The maximum absolute atomic E-state index is 6.00. The lowest BCUT2D eigenvalue weighted by molar-refractivity contribution is 0.0847. The minimum atomic E-state index is -0.539. The summed E-state index contributed by atoms with van der Waals surface area (Å²) in [6.07, 6.45) is 6.67. The zero-order valence-electron chi connectivity index (χ0n) is 13.9. The second kappa shape index (κ2) is 6.64. The topological polar surface area (TPSA) is 71.4 Å². The van der Waals surface area contributed by atoms with Crippen LogP contribution in [0.4, 0.5) is 0 Å². The van der Waals surface area contributed by atoms with Crippen LogP contribution < -0.4 is 5.73 Å². The van der Waals surface area contributed by atoms with Crippen LogP contribution in [0.3, 0.4) is 0 Å². The first kappa shape index (κ1) is 15.9. The Morgan fingerprint density at radius 2 is 1.82 bits per heavy atom. The number of aromatic nitrogens is 2. The van der Waals surface area contributed by atoms with E-state index in [1.165, 1.54) is 45.2 Å². The third-order valence-electron chi connectivity index (χ3n) is 4.87. The number of hydrogen-bond donors (Lipinski definition) is 1. The van der Waals surface area contributed by atoms with E-state index in [9.17, 15) is 0 Å². The van der Waals surface area contributed by atoms with Crippen molar-refractivity contribution in [3.8, 4) is 0 Å². The van der Waals surface area contributed by atoms with Crippen molar-refractivity contribution in [2.75, 3.05) is 26.2 Å². The van der Waals surface area contributed by atoms with E-state index in [1.807, 2.05) is 13.8 Å². The quantitative estimate of drug-likeness (QED) is 0.913. The van der Waals surface area contributed by atoms with Crippen LogP contribution in [0.2, 0.25) is 0 Å². The molecule has 0 bridgehead atoms. The summed E-state index contributed by atoms with van der Waals surface area (Å²) in [7, 11) is 0. The Morgan fingerprint density at radius 1 is 1.14 bits per heavy atom. The Bertz CT molecular complexity index is 467. The summed E-state index contributed by atoms with van der Waals surface area (Å²) in [6, 6.07) is 0.776. The van der Waals surface area contributed by atoms with Gasteiger partial charge in [0.05, 0.1) is 12.1 Å². The van der Waals surface area contributed by atoms with Gasteiger partial charge < -0.3 is 15.2 Å². The van der Waals surface area contributed by atoms with Crippen molar-refractivity contribution in [1.82, 2.24) is 19.9 Å². The predicted molar refractivity (Wildman–Crippen MR) is 85.2 cm³/mol. The van der Waals surface area contributed by atoms with Gasteiger partial charge >= 0.3 is 0 Å². The molecule has 0 aliphatic carbocycles. The van der Waals surface area contributed by atoms with Crippen LogP contribution in [0.15, 0.2) is 4.52 Å². The largest absolute Gasteiger partial charge is 0.338 e. The van der Waals surface area contributed by atoms with Gasteiger partial charge in [-0.05, 0) is 52.6 Å². The molecule has 2 aliphatic rings. The lowest BCUT2D eigenvalue weighted by atomic mass is 10.00. The molecule has 0 radical (unpaired) electrons. The van der Waals surface area contributed by atoms with Crippen molar-refractivity contribution >= 4 is 0 Å².